The van der Waals surface area contributed by atoms with Gasteiger partial charge in [0.15, 0.2) is 0 Å². The molecule has 1 heterocycles. The van der Waals surface area contributed by atoms with E-state index < -0.39 is 0 Å². The van der Waals surface area contributed by atoms with Crippen molar-refractivity contribution in [2.45, 2.75) is 32.4 Å². The van der Waals surface area contributed by atoms with Crippen LogP contribution in [-0.2, 0) is 13.6 Å². The van der Waals surface area contributed by atoms with Crippen molar-refractivity contribution >= 4 is 0 Å². The van der Waals surface area contributed by atoms with Gasteiger partial charge in [-0.15, -0.1) is 0 Å². The van der Waals surface area contributed by atoms with Crippen LogP contribution < -0.4 is 5.32 Å². The van der Waals surface area contributed by atoms with Gasteiger partial charge in [-0.3, -0.25) is 9.58 Å². The van der Waals surface area contributed by atoms with Crippen molar-refractivity contribution in [2.24, 2.45) is 7.05 Å². The molecule has 4 nitrogen and oxygen atoms in total. The van der Waals surface area contributed by atoms with Gasteiger partial charge < -0.3 is 5.32 Å². The number of rotatable bonds is 7. The summed E-state index contributed by atoms with van der Waals surface area (Å²) in [6.45, 7) is 4.26. The van der Waals surface area contributed by atoms with Crippen LogP contribution in [0.5, 0.6) is 0 Å². The smallest absolute Gasteiger partial charge is 0.0534 e. The molecular formula is C12H24N4. The highest BCUT2D eigenvalue weighted by atomic mass is 15.2. The SMILES string of the molecule is CCCC(CNC)N(C)Cc1cnn(C)c1. The van der Waals surface area contributed by atoms with E-state index in [0.717, 1.165) is 13.1 Å². The Kier molecular flexibility index (Phi) is 5.49. The monoisotopic (exact) mass is 224 g/mol. The highest BCUT2D eigenvalue weighted by molar-refractivity contribution is 5.03. The summed E-state index contributed by atoms with van der Waals surface area (Å²) >= 11 is 0. The maximum absolute atomic E-state index is 4.20. The first kappa shape index (κ1) is 13.2. The lowest BCUT2D eigenvalue weighted by Crippen LogP contribution is -2.38. The summed E-state index contributed by atoms with van der Waals surface area (Å²) in [5.74, 6) is 0. The molecule has 0 aliphatic carbocycles. The van der Waals surface area contributed by atoms with E-state index in [-0.39, 0.29) is 0 Å². The maximum Gasteiger partial charge on any atom is 0.0534 e. The second kappa shape index (κ2) is 6.66. The molecule has 0 saturated heterocycles. The zero-order valence-electron chi connectivity index (χ0n) is 10.9. The Morgan fingerprint density at radius 2 is 2.31 bits per heavy atom. The molecule has 0 amide bonds. The lowest BCUT2D eigenvalue weighted by molar-refractivity contribution is 0.218. The number of hydrogen-bond acceptors (Lipinski definition) is 3. The number of aromatic nitrogens is 2. The zero-order chi connectivity index (χ0) is 12.0. The van der Waals surface area contributed by atoms with Crippen LogP contribution in [0.25, 0.3) is 0 Å². The van der Waals surface area contributed by atoms with Gasteiger partial charge in [0, 0.05) is 37.9 Å². The quantitative estimate of drug-likeness (QED) is 0.756. The number of nitrogens with zero attached hydrogens (tertiary/aromatic N) is 3. The van der Waals surface area contributed by atoms with E-state index in [1.165, 1.54) is 18.4 Å². The van der Waals surface area contributed by atoms with Gasteiger partial charge in [-0.2, -0.15) is 5.10 Å². The molecular weight excluding hydrogens is 200 g/mol. The molecule has 1 aromatic heterocycles. The lowest BCUT2D eigenvalue weighted by atomic mass is 10.1. The van der Waals surface area contributed by atoms with Crippen LogP contribution in [0.3, 0.4) is 0 Å². The van der Waals surface area contributed by atoms with Crippen LogP contribution in [0.2, 0.25) is 0 Å². The summed E-state index contributed by atoms with van der Waals surface area (Å²) in [4.78, 5) is 2.40. The van der Waals surface area contributed by atoms with Crippen molar-refractivity contribution in [3.8, 4) is 0 Å². The van der Waals surface area contributed by atoms with E-state index in [1.807, 2.05) is 25.0 Å². The Morgan fingerprint density at radius 1 is 1.56 bits per heavy atom. The van der Waals surface area contributed by atoms with Gasteiger partial charge in [-0.1, -0.05) is 13.3 Å². The molecule has 1 rings (SSSR count). The average Bonchev–Trinajstić information content (AvgIpc) is 2.63. The van der Waals surface area contributed by atoms with Crippen LogP contribution in [0.15, 0.2) is 12.4 Å². The first-order chi connectivity index (χ1) is 7.67. The second-order valence-corrected chi connectivity index (χ2v) is 4.44. The molecule has 1 atom stereocenters. The third-order valence-electron chi connectivity index (χ3n) is 2.88. The minimum Gasteiger partial charge on any atom is -0.318 e. The fourth-order valence-electron chi connectivity index (χ4n) is 2.02. The average molecular weight is 224 g/mol. The number of likely N-dealkylation sites (N-methyl/N-ethyl adjacent to an activating group) is 2. The molecule has 0 aromatic carbocycles. The molecule has 4 heteroatoms. The van der Waals surface area contributed by atoms with E-state index in [9.17, 15) is 0 Å². The minimum absolute atomic E-state index is 0.607. The Balaban J connectivity index is 2.50. The minimum atomic E-state index is 0.607. The Labute approximate surface area is 98.6 Å². The number of aryl methyl sites for hydroxylation is 1. The molecule has 92 valence electrons. The Morgan fingerprint density at radius 3 is 2.81 bits per heavy atom. The van der Waals surface area contributed by atoms with Gasteiger partial charge in [-0.25, -0.2) is 0 Å². The molecule has 1 unspecified atom stereocenters. The van der Waals surface area contributed by atoms with Crippen molar-refractivity contribution in [2.75, 3.05) is 20.6 Å². The molecule has 0 aliphatic rings. The van der Waals surface area contributed by atoms with Gasteiger partial charge in [0.05, 0.1) is 6.20 Å². The van der Waals surface area contributed by atoms with E-state index in [1.54, 1.807) is 0 Å². The summed E-state index contributed by atoms with van der Waals surface area (Å²) in [6, 6.07) is 0.607. The molecule has 1 aromatic rings. The van der Waals surface area contributed by atoms with Crippen molar-refractivity contribution < 1.29 is 0 Å². The third-order valence-corrected chi connectivity index (χ3v) is 2.88. The van der Waals surface area contributed by atoms with Crippen LogP contribution in [0.4, 0.5) is 0 Å². The molecule has 0 aliphatic heterocycles. The van der Waals surface area contributed by atoms with Crippen molar-refractivity contribution in [1.29, 1.82) is 0 Å². The second-order valence-electron chi connectivity index (χ2n) is 4.44. The fourth-order valence-corrected chi connectivity index (χ4v) is 2.02. The topological polar surface area (TPSA) is 33.1 Å². The number of nitrogens with one attached hydrogen (secondary N) is 1. The van der Waals surface area contributed by atoms with Crippen molar-refractivity contribution in [3.63, 3.8) is 0 Å². The zero-order valence-corrected chi connectivity index (χ0v) is 10.9. The largest absolute Gasteiger partial charge is 0.318 e. The molecule has 0 bridgehead atoms. The van der Waals surface area contributed by atoms with Gasteiger partial charge in [-0.05, 0) is 20.5 Å². The van der Waals surface area contributed by atoms with E-state index in [0.29, 0.717) is 6.04 Å². The first-order valence-electron chi connectivity index (χ1n) is 5.99. The van der Waals surface area contributed by atoms with Crippen molar-refractivity contribution in [3.05, 3.63) is 18.0 Å². The normalized spacial score (nSPS) is 13.3. The lowest BCUT2D eigenvalue weighted by Gasteiger charge is -2.27. The van der Waals surface area contributed by atoms with Crippen LogP contribution in [0.1, 0.15) is 25.3 Å². The summed E-state index contributed by atoms with van der Waals surface area (Å²) in [7, 11) is 6.16. The molecule has 0 fully saturated rings. The van der Waals surface area contributed by atoms with Gasteiger partial charge in [0.25, 0.3) is 0 Å². The summed E-state index contributed by atoms with van der Waals surface area (Å²) < 4.78 is 1.86. The standard InChI is InChI=1S/C12H24N4/c1-5-6-12(8-13-2)15(3)9-11-7-14-16(4)10-11/h7,10,12-13H,5-6,8-9H2,1-4H3. The first-order valence-corrected chi connectivity index (χ1v) is 5.99. The third kappa shape index (κ3) is 3.94. The van der Waals surface area contributed by atoms with E-state index >= 15 is 0 Å². The summed E-state index contributed by atoms with van der Waals surface area (Å²) in [6.07, 6.45) is 6.49. The molecule has 1 N–H and O–H groups in total. The highest BCUT2D eigenvalue weighted by Crippen LogP contribution is 2.09. The molecule has 0 radical (unpaired) electrons. The molecule has 0 saturated carbocycles. The molecule has 0 spiro atoms. The van der Waals surface area contributed by atoms with Gasteiger partial charge in [0.2, 0.25) is 0 Å². The summed E-state index contributed by atoms with van der Waals surface area (Å²) in [5.41, 5.74) is 1.28. The van der Waals surface area contributed by atoms with Crippen LogP contribution in [-0.4, -0.2) is 41.4 Å². The highest BCUT2D eigenvalue weighted by Gasteiger charge is 2.13. The predicted molar refractivity (Wildman–Crippen MR) is 67.3 cm³/mol. The van der Waals surface area contributed by atoms with Crippen LogP contribution in [0, 0.1) is 0 Å². The van der Waals surface area contributed by atoms with E-state index in [2.05, 4.69) is 35.5 Å². The van der Waals surface area contributed by atoms with Crippen LogP contribution >= 0.6 is 0 Å². The maximum atomic E-state index is 4.20. The Hall–Kier alpha value is -0.870. The Bertz CT molecular complexity index is 289. The molecule has 16 heavy (non-hydrogen) atoms. The van der Waals surface area contributed by atoms with Crippen molar-refractivity contribution in [1.82, 2.24) is 20.0 Å². The fraction of sp³-hybridized carbons (Fsp3) is 0.750. The van der Waals surface area contributed by atoms with Gasteiger partial charge >= 0.3 is 0 Å². The van der Waals surface area contributed by atoms with E-state index in [4.69, 9.17) is 0 Å². The number of hydrogen-bond donors (Lipinski definition) is 1. The predicted octanol–water partition coefficient (Wildman–Crippen LogP) is 1.24. The van der Waals surface area contributed by atoms with Gasteiger partial charge in [0.1, 0.15) is 0 Å². The summed E-state index contributed by atoms with van der Waals surface area (Å²) in [5, 5.41) is 7.46.